The molecule has 4 rings (SSSR count). The van der Waals surface area contributed by atoms with E-state index in [4.69, 9.17) is 25.8 Å². The van der Waals surface area contributed by atoms with Crippen LogP contribution in [-0.2, 0) is 14.2 Å². The van der Waals surface area contributed by atoms with Crippen LogP contribution in [0, 0.1) is 0 Å². The Morgan fingerprint density at radius 2 is 2.13 bits per heavy atom. The number of aliphatic hydroxyl groups is 1. The number of aliphatic hydroxyl groups excluding tert-OH is 1. The average Bonchev–Trinajstić information content (AvgIpc) is 2.91. The van der Waals surface area contributed by atoms with E-state index in [1.807, 2.05) is 30.7 Å². The number of hydrogen-bond acceptors (Lipinski definition) is 6. The zero-order chi connectivity index (χ0) is 16.2. The second kappa shape index (κ2) is 5.39. The van der Waals surface area contributed by atoms with Gasteiger partial charge in [0.1, 0.15) is 29.3 Å². The first-order valence-corrected chi connectivity index (χ1v) is 7.95. The fourth-order valence-corrected chi connectivity index (χ4v) is 3.58. The van der Waals surface area contributed by atoms with E-state index >= 15 is 0 Å². The Hall–Kier alpha value is -1.25. The van der Waals surface area contributed by atoms with Gasteiger partial charge >= 0.3 is 0 Å². The molecule has 4 heterocycles. The molecule has 2 saturated heterocycles. The van der Waals surface area contributed by atoms with Crippen molar-refractivity contribution in [3.8, 4) is 0 Å². The molecule has 1 unspecified atom stereocenters. The van der Waals surface area contributed by atoms with Crippen LogP contribution in [0.4, 0.5) is 0 Å². The van der Waals surface area contributed by atoms with Crippen LogP contribution in [0.25, 0.3) is 11.0 Å². The summed E-state index contributed by atoms with van der Waals surface area (Å²) in [6.07, 6.45) is 2.73. The highest BCUT2D eigenvalue weighted by Crippen LogP contribution is 2.41. The molecule has 0 aromatic carbocycles. The lowest BCUT2D eigenvalue weighted by molar-refractivity contribution is -0.373. The molecule has 2 aliphatic rings. The van der Waals surface area contributed by atoms with E-state index in [9.17, 15) is 5.11 Å². The second-order valence-electron chi connectivity index (χ2n) is 6.32. The second-order valence-corrected chi connectivity index (χ2v) is 6.68. The molecule has 2 bridgehead atoms. The maximum absolute atomic E-state index is 9.64. The summed E-state index contributed by atoms with van der Waals surface area (Å²) in [5.41, 5.74) is 0.679. The van der Waals surface area contributed by atoms with Crippen molar-refractivity contribution in [1.29, 1.82) is 0 Å². The number of aromatic nitrogens is 3. The van der Waals surface area contributed by atoms with E-state index < -0.39 is 18.1 Å². The van der Waals surface area contributed by atoms with Gasteiger partial charge in [-0.25, -0.2) is 9.97 Å². The predicted octanol–water partition coefficient (Wildman–Crippen LogP) is 1.88. The lowest BCUT2D eigenvalue weighted by Gasteiger charge is -2.50. The lowest BCUT2D eigenvalue weighted by Crippen LogP contribution is -2.57. The summed E-state index contributed by atoms with van der Waals surface area (Å²) in [7, 11) is 0. The van der Waals surface area contributed by atoms with Crippen LogP contribution in [-0.4, -0.2) is 50.3 Å². The van der Waals surface area contributed by atoms with Crippen molar-refractivity contribution in [1.82, 2.24) is 14.5 Å². The average molecular weight is 340 g/mol. The Morgan fingerprint density at radius 3 is 2.91 bits per heavy atom. The van der Waals surface area contributed by atoms with Crippen molar-refractivity contribution in [3.63, 3.8) is 0 Å². The summed E-state index contributed by atoms with van der Waals surface area (Å²) in [6.45, 7) is 3.63. The van der Waals surface area contributed by atoms with Gasteiger partial charge in [-0.3, -0.25) is 0 Å². The number of hydrogen-bond donors (Lipinski definition) is 1. The Labute approximate surface area is 138 Å². The number of rotatable bonds is 2. The summed E-state index contributed by atoms with van der Waals surface area (Å²) >= 11 is 6.12. The van der Waals surface area contributed by atoms with E-state index in [0.717, 1.165) is 5.39 Å². The molecule has 7 nitrogen and oxygen atoms in total. The number of nitrogens with zero attached hydrogens (tertiary/aromatic N) is 3. The molecule has 2 fully saturated rings. The third kappa shape index (κ3) is 2.53. The highest BCUT2D eigenvalue weighted by molar-refractivity contribution is 6.33. The predicted molar refractivity (Wildman–Crippen MR) is 82.0 cm³/mol. The molecular formula is C15H18ClN3O4. The Bertz CT molecular complexity index is 735. The van der Waals surface area contributed by atoms with E-state index in [1.54, 1.807) is 0 Å². The van der Waals surface area contributed by atoms with Crippen LogP contribution in [0.1, 0.15) is 26.5 Å². The zero-order valence-electron chi connectivity index (χ0n) is 12.8. The highest BCUT2D eigenvalue weighted by atomic mass is 35.5. The number of ether oxygens (including phenoxy) is 3. The maximum atomic E-state index is 9.64. The normalized spacial score (nSPS) is 33.0. The number of fused-ring (bicyclic) bond motifs is 3. The van der Waals surface area contributed by atoms with Gasteiger partial charge in [-0.1, -0.05) is 11.6 Å². The molecule has 0 spiro atoms. The van der Waals surface area contributed by atoms with Gasteiger partial charge in [0.15, 0.2) is 12.0 Å². The molecule has 0 amide bonds. The molecular weight excluding hydrogens is 322 g/mol. The summed E-state index contributed by atoms with van der Waals surface area (Å²) < 4.78 is 19.8. The number of halogens is 1. The third-order valence-electron chi connectivity index (χ3n) is 4.30. The van der Waals surface area contributed by atoms with E-state index in [1.165, 1.54) is 6.33 Å². The van der Waals surface area contributed by atoms with Crippen LogP contribution in [0.2, 0.25) is 5.15 Å². The van der Waals surface area contributed by atoms with Crippen LogP contribution in [0.5, 0.6) is 0 Å². The molecule has 23 heavy (non-hydrogen) atoms. The van der Waals surface area contributed by atoms with Gasteiger partial charge in [0, 0.05) is 12.6 Å². The minimum Gasteiger partial charge on any atom is -0.394 e. The van der Waals surface area contributed by atoms with Crippen LogP contribution < -0.4 is 0 Å². The summed E-state index contributed by atoms with van der Waals surface area (Å²) in [4.78, 5) is 8.30. The Balaban J connectivity index is 1.76. The Kier molecular flexibility index (Phi) is 3.58. The fraction of sp³-hybridized carbons (Fsp3) is 0.600. The molecule has 0 saturated carbocycles. The van der Waals surface area contributed by atoms with Crippen molar-refractivity contribution in [2.24, 2.45) is 0 Å². The summed E-state index contributed by atoms with van der Waals surface area (Å²) in [5, 5.41) is 10.8. The monoisotopic (exact) mass is 339 g/mol. The SMILES string of the molecule is CC1(C)OC2C[C@@H](O1)[C@H](n1ccc3c(Cl)ncnc31)O[C@@H]2CO. The van der Waals surface area contributed by atoms with E-state index in [-0.39, 0.29) is 18.8 Å². The lowest BCUT2D eigenvalue weighted by atomic mass is 9.99. The summed E-state index contributed by atoms with van der Waals surface area (Å²) in [5.74, 6) is -0.724. The standard InChI is InChI=1S/C15H18ClN3O4/c1-15(2)22-9-5-10(23-15)14(21-11(9)6-20)19-4-3-8-12(16)17-7-18-13(8)19/h3-4,7,9-11,14,20H,5-6H2,1-2H3/t9?,10-,11-,14-/m1/s1. The minimum absolute atomic E-state index is 0.112. The van der Waals surface area contributed by atoms with Crippen molar-refractivity contribution < 1.29 is 19.3 Å². The molecule has 8 heteroatoms. The van der Waals surface area contributed by atoms with Crippen molar-refractivity contribution in [3.05, 3.63) is 23.7 Å². The van der Waals surface area contributed by atoms with Crippen LogP contribution in [0.3, 0.4) is 0 Å². The van der Waals surface area contributed by atoms with Gasteiger partial charge in [-0.2, -0.15) is 0 Å². The van der Waals surface area contributed by atoms with Crippen LogP contribution in [0.15, 0.2) is 18.6 Å². The van der Waals surface area contributed by atoms with Crippen molar-refractivity contribution in [2.45, 2.75) is 50.6 Å². The zero-order valence-corrected chi connectivity index (χ0v) is 13.6. The first-order chi connectivity index (χ1) is 11.0. The third-order valence-corrected chi connectivity index (χ3v) is 4.60. The fourth-order valence-electron chi connectivity index (χ4n) is 3.39. The molecule has 1 N–H and O–H groups in total. The van der Waals surface area contributed by atoms with E-state index in [2.05, 4.69) is 9.97 Å². The molecule has 4 atom stereocenters. The largest absolute Gasteiger partial charge is 0.394 e. The van der Waals surface area contributed by atoms with Gasteiger partial charge in [0.05, 0.1) is 18.1 Å². The smallest absolute Gasteiger partial charge is 0.163 e. The minimum atomic E-state index is -0.724. The highest BCUT2D eigenvalue weighted by Gasteiger charge is 2.48. The van der Waals surface area contributed by atoms with E-state index in [0.29, 0.717) is 17.2 Å². The topological polar surface area (TPSA) is 78.6 Å². The molecule has 2 aromatic rings. The quantitative estimate of drug-likeness (QED) is 0.842. The van der Waals surface area contributed by atoms with Gasteiger partial charge in [-0.15, -0.1) is 0 Å². The Morgan fingerprint density at radius 1 is 1.35 bits per heavy atom. The van der Waals surface area contributed by atoms with Crippen LogP contribution >= 0.6 is 11.6 Å². The van der Waals surface area contributed by atoms with Gasteiger partial charge in [-0.05, 0) is 19.9 Å². The van der Waals surface area contributed by atoms with Crippen molar-refractivity contribution in [2.75, 3.05) is 6.61 Å². The molecule has 2 aromatic heterocycles. The molecule has 0 radical (unpaired) electrons. The first-order valence-electron chi connectivity index (χ1n) is 7.57. The molecule has 0 aliphatic carbocycles. The van der Waals surface area contributed by atoms with Gasteiger partial charge in [0.25, 0.3) is 0 Å². The van der Waals surface area contributed by atoms with Gasteiger partial charge < -0.3 is 23.9 Å². The van der Waals surface area contributed by atoms with Gasteiger partial charge in [0.2, 0.25) is 0 Å². The maximum Gasteiger partial charge on any atom is 0.163 e. The molecule has 124 valence electrons. The summed E-state index contributed by atoms with van der Waals surface area (Å²) in [6, 6.07) is 1.85. The first kappa shape index (κ1) is 15.3. The van der Waals surface area contributed by atoms with Crippen molar-refractivity contribution >= 4 is 22.6 Å². The molecule has 2 aliphatic heterocycles.